The van der Waals surface area contributed by atoms with E-state index >= 15 is 0 Å². The number of likely N-dealkylation sites (N-methyl/N-ethyl adjacent to an activating group) is 1. The van der Waals surface area contributed by atoms with Crippen molar-refractivity contribution in [3.8, 4) is 0 Å². The topological polar surface area (TPSA) is 73.0 Å². The molecular formula is C17H26N4O3S. The Labute approximate surface area is 152 Å². The second kappa shape index (κ2) is 9.53. The Morgan fingerprint density at radius 3 is 2.56 bits per heavy atom. The van der Waals surface area contributed by atoms with Crippen LogP contribution in [0.4, 0.5) is 0 Å². The van der Waals surface area contributed by atoms with Gasteiger partial charge in [0.15, 0.2) is 0 Å². The Morgan fingerprint density at radius 2 is 1.96 bits per heavy atom. The van der Waals surface area contributed by atoms with Crippen molar-refractivity contribution >= 4 is 29.1 Å². The zero-order chi connectivity index (χ0) is 18.2. The molecule has 8 heteroatoms. The summed E-state index contributed by atoms with van der Waals surface area (Å²) in [6, 6.07) is 3.71. The van der Waals surface area contributed by atoms with Crippen molar-refractivity contribution in [3.63, 3.8) is 0 Å². The number of rotatable bonds is 7. The molecule has 1 saturated heterocycles. The van der Waals surface area contributed by atoms with E-state index in [0.29, 0.717) is 32.7 Å². The normalized spacial score (nSPS) is 15.0. The van der Waals surface area contributed by atoms with E-state index in [0.717, 1.165) is 11.3 Å². The minimum Gasteiger partial charge on any atom is -0.355 e. The highest BCUT2D eigenvalue weighted by molar-refractivity contribution is 7.12. The molecule has 1 aliphatic heterocycles. The number of thiophene rings is 1. The molecule has 1 aromatic heterocycles. The summed E-state index contributed by atoms with van der Waals surface area (Å²) in [7, 11) is 1.64. The number of hydrogen-bond acceptors (Lipinski definition) is 5. The quantitative estimate of drug-likeness (QED) is 0.762. The number of piperazine rings is 1. The number of carbonyl (C=O) groups is 3. The standard InChI is InChI=1S/C17H26N4O3S/c1-3-6-18-15(22)12-19(2)16(23)13-20-7-9-21(10-8-20)17(24)14-5-4-11-25-14/h4-5,11H,3,6-10,12-13H2,1-2H3,(H,18,22). The van der Waals surface area contributed by atoms with E-state index in [1.807, 2.05) is 34.2 Å². The third kappa shape index (κ3) is 5.82. The van der Waals surface area contributed by atoms with Crippen LogP contribution in [0.1, 0.15) is 23.0 Å². The van der Waals surface area contributed by atoms with Crippen LogP contribution in [0.3, 0.4) is 0 Å². The lowest BCUT2D eigenvalue weighted by Gasteiger charge is -2.34. The third-order valence-corrected chi connectivity index (χ3v) is 4.99. The van der Waals surface area contributed by atoms with E-state index in [-0.39, 0.29) is 30.8 Å². The fourth-order valence-electron chi connectivity index (χ4n) is 2.60. The number of amides is 3. The van der Waals surface area contributed by atoms with Crippen LogP contribution in [-0.2, 0) is 9.59 Å². The van der Waals surface area contributed by atoms with Crippen molar-refractivity contribution in [2.24, 2.45) is 0 Å². The largest absolute Gasteiger partial charge is 0.355 e. The zero-order valence-corrected chi connectivity index (χ0v) is 15.7. The van der Waals surface area contributed by atoms with Crippen molar-refractivity contribution in [2.75, 3.05) is 52.9 Å². The first-order chi connectivity index (χ1) is 12.0. The van der Waals surface area contributed by atoms with E-state index in [2.05, 4.69) is 5.32 Å². The molecule has 0 aromatic carbocycles. The lowest BCUT2D eigenvalue weighted by Crippen LogP contribution is -2.51. The van der Waals surface area contributed by atoms with Gasteiger partial charge in [-0.25, -0.2) is 0 Å². The van der Waals surface area contributed by atoms with Crippen molar-refractivity contribution in [2.45, 2.75) is 13.3 Å². The van der Waals surface area contributed by atoms with Gasteiger partial charge in [0, 0.05) is 39.8 Å². The molecule has 3 amide bonds. The molecule has 1 aliphatic rings. The summed E-state index contributed by atoms with van der Waals surface area (Å²) in [5, 5.41) is 4.66. The second-order valence-electron chi connectivity index (χ2n) is 6.15. The van der Waals surface area contributed by atoms with Crippen LogP contribution in [0.5, 0.6) is 0 Å². The first kappa shape index (κ1) is 19.4. The molecule has 1 aromatic rings. The third-order valence-electron chi connectivity index (χ3n) is 4.13. The van der Waals surface area contributed by atoms with Gasteiger partial charge in [0.2, 0.25) is 11.8 Å². The van der Waals surface area contributed by atoms with Crippen molar-refractivity contribution in [3.05, 3.63) is 22.4 Å². The molecule has 2 rings (SSSR count). The van der Waals surface area contributed by atoms with E-state index in [9.17, 15) is 14.4 Å². The smallest absolute Gasteiger partial charge is 0.264 e. The molecule has 7 nitrogen and oxygen atoms in total. The lowest BCUT2D eigenvalue weighted by molar-refractivity contribution is -0.135. The number of hydrogen-bond donors (Lipinski definition) is 1. The summed E-state index contributed by atoms with van der Waals surface area (Å²) >= 11 is 1.45. The van der Waals surface area contributed by atoms with Gasteiger partial charge in [0.25, 0.3) is 5.91 Å². The summed E-state index contributed by atoms with van der Waals surface area (Å²) in [5.41, 5.74) is 0. The van der Waals surface area contributed by atoms with Crippen LogP contribution in [-0.4, -0.2) is 85.3 Å². The van der Waals surface area contributed by atoms with Crippen LogP contribution in [0.2, 0.25) is 0 Å². The van der Waals surface area contributed by atoms with Gasteiger partial charge in [-0.2, -0.15) is 0 Å². The molecule has 138 valence electrons. The van der Waals surface area contributed by atoms with E-state index in [4.69, 9.17) is 0 Å². The minimum absolute atomic E-state index is 0.0608. The molecule has 2 heterocycles. The highest BCUT2D eigenvalue weighted by atomic mass is 32.1. The number of carbonyl (C=O) groups excluding carboxylic acids is 3. The highest BCUT2D eigenvalue weighted by Gasteiger charge is 2.24. The maximum atomic E-state index is 12.3. The molecule has 1 N–H and O–H groups in total. The van der Waals surface area contributed by atoms with Gasteiger partial charge in [-0.1, -0.05) is 13.0 Å². The molecule has 0 unspecified atom stereocenters. The van der Waals surface area contributed by atoms with Gasteiger partial charge in [-0.05, 0) is 17.9 Å². The monoisotopic (exact) mass is 366 g/mol. The molecule has 0 radical (unpaired) electrons. The van der Waals surface area contributed by atoms with Gasteiger partial charge >= 0.3 is 0 Å². The van der Waals surface area contributed by atoms with Crippen LogP contribution < -0.4 is 5.32 Å². The Bertz CT molecular complexity index is 583. The summed E-state index contributed by atoms with van der Waals surface area (Å²) in [4.78, 5) is 42.3. The molecule has 1 fully saturated rings. The average Bonchev–Trinajstić information content (AvgIpc) is 3.14. The molecule has 0 atom stereocenters. The van der Waals surface area contributed by atoms with Gasteiger partial charge < -0.3 is 15.1 Å². The molecule has 0 spiro atoms. The molecule has 0 bridgehead atoms. The highest BCUT2D eigenvalue weighted by Crippen LogP contribution is 2.13. The zero-order valence-electron chi connectivity index (χ0n) is 14.9. The maximum Gasteiger partial charge on any atom is 0.264 e. The predicted molar refractivity (Wildman–Crippen MR) is 97.6 cm³/mol. The van der Waals surface area contributed by atoms with Gasteiger partial charge in [0.05, 0.1) is 18.0 Å². The molecule has 25 heavy (non-hydrogen) atoms. The van der Waals surface area contributed by atoms with Gasteiger partial charge in [-0.3, -0.25) is 19.3 Å². The summed E-state index contributed by atoms with van der Waals surface area (Å²) in [6.45, 7) is 5.53. The van der Waals surface area contributed by atoms with Crippen LogP contribution in [0.15, 0.2) is 17.5 Å². The molecule has 0 aliphatic carbocycles. The van der Waals surface area contributed by atoms with Crippen LogP contribution in [0.25, 0.3) is 0 Å². The Balaban J connectivity index is 1.73. The average molecular weight is 366 g/mol. The minimum atomic E-state index is -0.135. The second-order valence-corrected chi connectivity index (χ2v) is 7.09. The first-order valence-electron chi connectivity index (χ1n) is 8.57. The Hall–Kier alpha value is -1.93. The van der Waals surface area contributed by atoms with Crippen LogP contribution in [0, 0.1) is 0 Å². The number of nitrogens with one attached hydrogen (secondary N) is 1. The number of nitrogens with zero attached hydrogens (tertiary/aromatic N) is 3. The summed E-state index contributed by atoms with van der Waals surface area (Å²) in [6.07, 6.45) is 0.873. The summed E-state index contributed by atoms with van der Waals surface area (Å²) in [5.74, 6) is -0.153. The summed E-state index contributed by atoms with van der Waals surface area (Å²) < 4.78 is 0. The van der Waals surface area contributed by atoms with Crippen molar-refractivity contribution < 1.29 is 14.4 Å². The Morgan fingerprint density at radius 1 is 1.24 bits per heavy atom. The fourth-order valence-corrected chi connectivity index (χ4v) is 3.29. The van der Waals surface area contributed by atoms with Gasteiger partial charge in [-0.15, -0.1) is 11.3 Å². The SMILES string of the molecule is CCCNC(=O)CN(C)C(=O)CN1CCN(C(=O)c2cccs2)CC1. The van der Waals surface area contributed by atoms with Crippen molar-refractivity contribution in [1.82, 2.24) is 20.0 Å². The van der Waals surface area contributed by atoms with E-state index < -0.39 is 0 Å². The Kier molecular flexibility index (Phi) is 7.39. The fraction of sp³-hybridized carbons (Fsp3) is 0.588. The van der Waals surface area contributed by atoms with Gasteiger partial charge in [0.1, 0.15) is 0 Å². The van der Waals surface area contributed by atoms with E-state index in [1.54, 1.807) is 7.05 Å². The van der Waals surface area contributed by atoms with Crippen LogP contribution >= 0.6 is 11.3 Å². The molecule has 0 saturated carbocycles. The lowest BCUT2D eigenvalue weighted by atomic mass is 10.3. The predicted octanol–water partition coefficient (Wildman–Crippen LogP) is 0.491. The maximum absolute atomic E-state index is 12.3. The van der Waals surface area contributed by atoms with Crippen molar-refractivity contribution in [1.29, 1.82) is 0 Å². The molecular weight excluding hydrogens is 340 g/mol. The van der Waals surface area contributed by atoms with E-state index in [1.165, 1.54) is 16.2 Å². The first-order valence-corrected chi connectivity index (χ1v) is 9.45.